The van der Waals surface area contributed by atoms with Gasteiger partial charge in [-0.25, -0.2) is 0 Å². The largest absolute Gasteiger partial charge is 0.468 e. The van der Waals surface area contributed by atoms with Gasteiger partial charge < -0.3 is 14.8 Å². The Morgan fingerprint density at radius 1 is 1.60 bits per heavy atom. The van der Waals surface area contributed by atoms with E-state index in [1.807, 2.05) is 0 Å². The van der Waals surface area contributed by atoms with Gasteiger partial charge in [0, 0.05) is 7.11 Å². The summed E-state index contributed by atoms with van der Waals surface area (Å²) in [6, 6.07) is -0.352. The van der Waals surface area contributed by atoms with E-state index >= 15 is 0 Å². The van der Waals surface area contributed by atoms with E-state index in [9.17, 15) is 4.79 Å². The van der Waals surface area contributed by atoms with Crippen LogP contribution in [0.3, 0.4) is 0 Å². The van der Waals surface area contributed by atoms with Crippen molar-refractivity contribution in [3.63, 3.8) is 0 Å². The lowest BCUT2D eigenvalue weighted by molar-refractivity contribution is -0.144. The third kappa shape index (κ3) is 2.80. The van der Waals surface area contributed by atoms with Crippen LogP contribution < -0.4 is 5.32 Å². The first-order chi connectivity index (χ1) is 4.76. The van der Waals surface area contributed by atoms with Gasteiger partial charge in [-0.1, -0.05) is 0 Å². The fourth-order valence-corrected chi connectivity index (χ4v) is 0.578. The Bertz CT molecular complexity index is 105. The maximum atomic E-state index is 10.8. The summed E-state index contributed by atoms with van der Waals surface area (Å²) in [5, 5.41) is 2.75. The summed E-state index contributed by atoms with van der Waals surface area (Å²) in [4.78, 5) is 10.8. The molecule has 0 saturated carbocycles. The van der Waals surface area contributed by atoms with E-state index < -0.39 is 0 Å². The quantitative estimate of drug-likeness (QED) is 0.539. The molecule has 0 heterocycles. The third-order valence-electron chi connectivity index (χ3n) is 1.17. The number of nitrogens with one attached hydrogen (secondary N) is 1. The van der Waals surface area contributed by atoms with Gasteiger partial charge in [0.05, 0.1) is 13.7 Å². The van der Waals surface area contributed by atoms with Crippen LogP contribution in [0.5, 0.6) is 0 Å². The second-order valence-electron chi connectivity index (χ2n) is 1.82. The number of carbonyl (C=O) groups is 1. The SMILES string of the molecule is CN[C@H](COC)C(=O)OC. The molecule has 0 aromatic heterocycles. The average molecular weight is 147 g/mol. The molecule has 0 aliphatic heterocycles. The molecule has 0 fully saturated rings. The highest BCUT2D eigenvalue weighted by molar-refractivity contribution is 5.75. The predicted molar refractivity (Wildman–Crippen MR) is 36.7 cm³/mol. The molecule has 0 unspecified atom stereocenters. The number of esters is 1. The van der Waals surface area contributed by atoms with Gasteiger partial charge in [0.25, 0.3) is 0 Å². The van der Waals surface area contributed by atoms with Crippen molar-refractivity contribution in [1.29, 1.82) is 0 Å². The lowest BCUT2D eigenvalue weighted by atomic mass is 10.3. The highest BCUT2D eigenvalue weighted by Gasteiger charge is 2.15. The Balaban J connectivity index is 3.68. The minimum atomic E-state index is -0.352. The molecule has 0 aromatic carbocycles. The van der Waals surface area contributed by atoms with Gasteiger partial charge in [-0.3, -0.25) is 4.79 Å². The highest BCUT2D eigenvalue weighted by atomic mass is 16.5. The van der Waals surface area contributed by atoms with Crippen LogP contribution in [0.2, 0.25) is 0 Å². The van der Waals surface area contributed by atoms with Gasteiger partial charge in [-0.15, -0.1) is 0 Å². The van der Waals surface area contributed by atoms with E-state index in [0.717, 1.165) is 0 Å². The molecule has 0 saturated heterocycles. The van der Waals surface area contributed by atoms with Crippen LogP contribution in [0, 0.1) is 0 Å². The third-order valence-corrected chi connectivity index (χ3v) is 1.17. The van der Waals surface area contributed by atoms with Crippen molar-refractivity contribution in [3.8, 4) is 0 Å². The summed E-state index contributed by atoms with van der Waals surface area (Å²) in [6.07, 6.45) is 0. The van der Waals surface area contributed by atoms with Gasteiger partial charge in [-0.2, -0.15) is 0 Å². The van der Waals surface area contributed by atoms with Gasteiger partial charge in [0.15, 0.2) is 0 Å². The van der Waals surface area contributed by atoms with Crippen LogP contribution in [0.25, 0.3) is 0 Å². The highest BCUT2D eigenvalue weighted by Crippen LogP contribution is 1.86. The maximum Gasteiger partial charge on any atom is 0.325 e. The van der Waals surface area contributed by atoms with E-state index in [2.05, 4.69) is 10.1 Å². The van der Waals surface area contributed by atoms with Gasteiger partial charge in [0.2, 0.25) is 0 Å². The van der Waals surface area contributed by atoms with Gasteiger partial charge >= 0.3 is 5.97 Å². The molecule has 0 rings (SSSR count). The first-order valence-electron chi connectivity index (χ1n) is 3.00. The average Bonchev–Trinajstić information content (AvgIpc) is 1.99. The molecule has 0 aliphatic carbocycles. The fourth-order valence-electron chi connectivity index (χ4n) is 0.578. The molecule has 0 aromatic rings. The van der Waals surface area contributed by atoms with Crippen molar-refractivity contribution in [2.75, 3.05) is 27.9 Å². The molecule has 4 heteroatoms. The Morgan fingerprint density at radius 2 is 2.20 bits per heavy atom. The van der Waals surface area contributed by atoms with Gasteiger partial charge in [-0.05, 0) is 7.05 Å². The van der Waals surface area contributed by atoms with Crippen molar-refractivity contribution < 1.29 is 14.3 Å². The van der Waals surface area contributed by atoms with E-state index in [-0.39, 0.29) is 12.0 Å². The van der Waals surface area contributed by atoms with E-state index in [0.29, 0.717) is 6.61 Å². The van der Waals surface area contributed by atoms with E-state index in [4.69, 9.17) is 4.74 Å². The maximum absolute atomic E-state index is 10.8. The minimum Gasteiger partial charge on any atom is -0.468 e. The minimum absolute atomic E-state index is 0.302. The molecule has 10 heavy (non-hydrogen) atoms. The number of rotatable bonds is 4. The second kappa shape index (κ2) is 5.20. The number of ether oxygens (including phenoxy) is 2. The summed E-state index contributed by atoms with van der Waals surface area (Å²) in [6.45, 7) is 0.336. The molecule has 0 aliphatic rings. The summed E-state index contributed by atoms with van der Waals surface area (Å²) < 4.78 is 9.23. The zero-order valence-corrected chi connectivity index (χ0v) is 6.51. The number of hydrogen-bond donors (Lipinski definition) is 1. The standard InChI is InChI=1S/C6H13NO3/c1-7-5(4-9-2)6(8)10-3/h5,7H,4H2,1-3H3/t5-/m1/s1. The molecule has 0 bridgehead atoms. The fraction of sp³-hybridized carbons (Fsp3) is 0.833. The normalized spacial score (nSPS) is 12.7. The Labute approximate surface area is 60.5 Å². The Morgan fingerprint density at radius 3 is 2.50 bits per heavy atom. The monoisotopic (exact) mass is 147 g/mol. The molecule has 1 N–H and O–H groups in total. The van der Waals surface area contributed by atoms with Crippen molar-refractivity contribution in [2.24, 2.45) is 0 Å². The number of carbonyl (C=O) groups excluding carboxylic acids is 1. The van der Waals surface area contributed by atoms with Crippen LogP contribution in [0.1, 0.15) is 0 Å². The summed E-state index contributed by atoms with van der Waals surface area (Å²) in [7, 11) is 4.57. The van der Waals surface area contributed by atoms with Crippen molar-refractivity contribution in [3.05, 3.63) is 0 Å². The van der Waals surface area contributed by atoms with Crippen LogP contribution in [-0.4, -0.2) is 39.9 Å². The lowest BCUT2D eigenvalue weighted by Gasteiger charge is -2.11. The summed E-state index contributed by atoms with van der Waals surface area (Å²) in [5.41, 5.74) is 0. The van der Waals surface area contributed by atoms with E-state index in [1.54, 1.807) is 7.05 Å². The molecule has 1 atom stereocenters. The van der Waals surface area contributed by atoms with Gasteiger partial charge in [0.1, 0.15) is 6.04 Å². The number of hydrogen-bond acceptors (Lipinski definition) is 4. The summed E-state index contributed by atoms with van der Waals surface area (Å²) in [5.74, 6) is -0.302. The smallest absolute Gasteiger partial charge is 0.325 e. The predicted octanol–water partition coefficient (Wildman–Crippen LogP) is -0.606. The summed E-state index contributed by atoms with van der Waals surface area (Å²) >= 11 is 0. The molecule has 0 spiro atoms. The van der Waals surface area contributed by atoms with Crippen molar-refractivity contribution >= 4 is 5.97 Å². The van der Waals surface area contributed by atoms with Crippen molar-refractivity contribution in [1.82, 2.24) is 5.32 Å². The topological polar surface area (TPSA) is 47.6 Å². The molecule has 4 nitrogen and oxygen atoms in total. The molecule has 0 amide bonds. The molecule has 0 radical (unpaired) electrons. The zero-order valence-electron chi connectivity index (χ0n) is 6.51. The first kappa shape index (κ1) is 9.39. The van der Waals surface area contributed by atoms with Crippen LogP contribution in [0.4, 0.5) is 0 Å². The molecule has 60 valence electrons. The number of likely N-dealkylation sites (N-methyl/N-ethyl adjacent to an activating group) is 1. The van der Waals surface area contributed by atoms with Crippen molar-refractivity contribution in [2.45, 2.75) is 6.04 Å². The molecular formula is C6H13NO3. The van der Waals surface area contributed by atoms with E-state index in [1.165, 1.54) is 14.2 Å². The molecular weight excluding hydrogens is 134 g/mol. The van der Waals surface area contributed by atoms with Crippen LogP contribution >= 0.6 is 0 Å². The Kier molecular flexibility index (Phi) is 4.88. The Hall–Kier alpha value is -0.610. The second-order valence-corrected chi connectivity index (χ2v) is 1.82. The van der Waals surface area contributed by atoms with Crippen LogP contribution in [-0.2, 0) is 14.3 Å². The lowest BCUT2D eigenvalue weighted by Crippen LogP contribution is -2.38. The number of methoxy groups -OCH3 is 2. The van der Waals surface area contributed by atoms with Crippen LogP contribution in [0.15, 0.2) is 0 Å². The zero-order chi connectivity index (χ0) is 7.98. The first-order valence-corrected chi connectivity index (χ1v) is 3.00.